The first-order chi connectivity index (χ1) is 4.63. The van der Waals surface area contributed by atoms with Crippen LogP contribution in [0, 0.1) is 6.92 Å². The number of carboxylic acid groups (broad SMARTS) is 2. The van der Waals surface area contributed by atoms with E-state index in [-0.39, 0.29) is 0 Å². The van der Waals surface area contributed by atoms with Gasteiger partial charge >= 0.3 is 6.16 Å². The van der Waals surface area contributed by atoms with E-state index in [1.54, 1.807) is 6.20 Å². The van der Waals surface area contributed by atoms with Gasteiger partial charge in [-0.05, 0) is 6.92 Å². The fourth-order valence-corrected chi connectivity index (χ4v) is 0.252. The van der Waals surface area contributed by atoms with Gasteiger partial charge in [-0.25, -0.2) is 4.79 Å². The SMILES string of the molecule is Cc1cnn[nH]1.O=C(O)O. The van der Waals surface area contributed by atoms with Crippen molar-refractivity contribution in [3.8, 4) is 0 Å². The number of aromatic nitrogens is 3. The molecule has 6 heteroatoms. The van der Waals surface area contributed by atoms with E-state index in [9.17, 15) is 0 Å². The summed E-state index contributed by atoms with van der Waals surface area (Å²) in [7, 11) is 0. The molecule has 6 nitrogen and oxygen atoms in total. The van der Waals surface area contributed by atoms with E-state index in [0.717, 1.165) is 5.69 Å². The van der Waals surface area contributed by atoms with Crippen LogP contribution < -0.4 is 0 Å². The van der Waals surface area contributed by atoms with Gasteiger partial charge in [0.1, 0.15) is 0 Å². The molecule has 1 aromatic rings. The number of H-pyrrole nitrogens is 1. The maximum atomic E-state index is 8.56. The van der Waals surface area contributed by atoms with Crippen molar-refractivity contribution < 1.29 is 15.0 Å². The lowest BCUT2D eigenvalue weighted by Gasteiger charge is -1.65. The quantitative estimate of drug-likeness (QED) is 0.488. The lowest BCUT2D eigenvalue weighted by Crippen LogP contribution is -1.81. The van der Waals surface area contributed by atoms with Crippen LogP contribution in [0.25, 0.3) is 0 Å². The average Bonchev–Trinajstić information content (AvgIpc) is 2.15. The fourth-order valence-electron chi connectivity index (χ4n) is 0.252. The van der Waals surface area contributed by atoms with Crippen LogP contribution in [0.3, 0.4) is 0 Å². The molecule has 0 radical (unpaired) electrons. The number of aromatic amines is 1. The summed E-state index contributed by atoms with van der Waals surface area (Å²) >= 11 is 0. The Morgan fingerprint density at radius 1 is 1.70 bits per heavy atom. The number of rotatable bonds is 0. The van der Waals surface area contributed by atoms with Crippen LogP contribution >= 0.6 is 0 Å². The summed E-state index contributed by atoms with van der Waals surface area (Å²) in [6, 6.07) is 0. The first-order valence-electron chi connectivity index (χ1n) is 2.37. The highest BCUT2D eigenvalue weighted by Gasteiger charge is 1.75. The van der Waals surface area contributed by atoms with E-state index < -0.39 is 6.16 Å². The molecule has 0 aliphatic heterocycles. The summed E-state index contributed by atoms with van der Waals surface area (Å²) < 4.78 is 0. The molecule has 0 saturated carbocycles. The van der Waals surface area contributed by atoms with Gasteiger partial charge in [0.25, 0.3) is 0 Å². The van der Waals surface area contributed by atoms with Crippen LogP contribution in [0.5, 0.6) is 0 Å². The standard InChI is InChI=1S/C3H5N3.CH2O3/c1-3-2-4-6-5-3;2-1(3)4/h2H,1H3,(H,4,5,6);(H2,2,3,4). The van der Waals surface area contributed by atoms with Crippen molar-refractivity contribution >= 4 is 6.16 Å². The Labute approximate surface area is 56.5 Å². The molecule has 0 spiro atoms. The first-order valence-corrected chi connectivity index (χ1v) is 2.37. The smallest absolute Gasteiger partial charge is 0.450 e. The van der Waals surface area contributed by atoms with Gasteiger partial charge in [-0.1, -0.05) is 5.21 Å². The molecule has 1 aromatic heterocycles. The van der Waals surface area contributed by atoms with Crippen LogP contribution in [0.1, 0.15) is 5.69 Å². The van der Waals surface area contributed by atoms with Gasteiger partial charge in [0.2, 0.25) is 0 Å². The molecule has 0 aromatic carbocycles. The molecule has 0 fully saturated rings. The van der Waals surface area contributed by atoms with E-state index in [2.05, 4.69) is 15.4 Å². The third-order valence-electron chi connectivity index (χ3n) is 0.535. The lowest BCUT2D eigenvalue weighted by molar-refractivity contribution is 0.137. The summed E-state index contributed by atoms with van der Waals surface area (Å²) in [5, 5.41) is 23.5. The minimum atomic E-state index is -1.83. The highest BCUT2D eigenvalue weighted by Crippen LogP contribution is 1.77. The topological polar surface area (TPSA) is 99.1 Å². The molecule has 0 amide bonds. The highest BCUT2D eigenvalue weighted by atomic mass is 16.6. The van der Waals surface area contributed by atoms with Gasteiger partial charge in [-0.15, -0.1) is 5.10 Å². The zero-order valence-electron chi connectivity index (χ0n) is 5.27. The molecule has 0 saturated heterocycles. The van der Waals surface area contributed by atoms with Gasteiger partial charge in [-0.3, -0.25) is 5.10 Å². The Morgan fingerprint density at radius 2 is 2.20 bits per heavy atom. The molecule has 3 N–H and O–H groups in total. The van der Waals surface area contributed by atoms with Crippen LogP contribution in [0.15, 0.2) is 6.20 Å². The fraction of sp³-hybridized carbons (Fsp3) is 0.250. The van der Waals surface area contributed by atoms with Gasteiger partial charge in [0.15, 0.2) is 0 Å². The van der Waals surface area contributed by atoms with E-state index in [1.807, 2.05) is 6.92 Å². The number of nitrogens with zero attached hydrogens (tertiary/aromatic N) is 2. The van der Waals surface area contributed by atoms with E-state index >= 15 is 0 Å². The molecule has 0 aliphatic rings. The average molecular weight is 145 g/mol. The number of nitrogens with one attached hydrogen (secondary N) is 1. The normalized spacial score (nSPS) is 7.70. The van der Waals surface area contributed by atoms with Gasteiger partial charge < -0.3 is 10.2 Å². The zero-order chi connectivity index (χ0) is 7.98. The summed E-state index contributed by atoms with van der Waals surface area (Å²) in [5.74, 6) is 0. The van der Waals surface area contributed by atoms with E-state index in [4.69, 9.17) is 15.0 Å². The molecular formula is C4H7N3O3. The van der Waals surface area contributed by atoms with E-state index in [1.165, 1.54) is 0 Å². The second-order valence-corrected chi connectivity index (χ2v) is 1.42. The molecule has 0 bridgehead atoms. The molecule has 1 heterocycles. The minimum absolute atomic E-state index is 0.995. The number of hydrogen-bond acceptors (Lipinski definition) is 3. The Hall–Kier alpha value is -1.59. The number of aryl methyl sites for hydroxylation is 1. The second-order valence-electron chi connectivity index (χ2n) is 1.42. The van der Waals surface area contributed by atoms with Gasteiger partial charge in [0.05, 0.1) is 11.9 Å². The number of hydrogen-bond donors (Lipinski definition) is 3. The van der Waals surface area contributed by atoms with Crippen LogP contribution in [-0.2, 0) is 0 Å². The molecule has 0 atom stereocenters. The molecule has 10 heavy (non-hydrogen) atoms. The van der Waals surface area contributed by atoms with E-state index in [0.29, 0.717) is 0 Å². The summed E-state index contributed by atoms with van der Waals surface area (Å²) in [6.07, 6.45) is -0.167. The Morgan fingerprint density at radius 3 is 2.30 bits per heavy atom. The van der Waals surface area contributed by atoms with Gasteiger partial charge in [0, 0.05) is 0 Å². The third kappa shape index (κ3) is 6.41. The summed E-state index contributed by atoms with van der Waals surface area (Å²) in [4.78, 5) is 8.56. The van der Waals surface area contributed by atoms with Crippen molar-refractivity contribution in [2.45, 2.75) is 6.92 Å². The lowest BCUT2D eigenvalue weighted by atomic mass is 10.6. The monoisotopic (exact) mass is 145 g/mol. The van der Waals surface area contributed by atoms with Crippen LogP contribution in [-0.4, -0.2) is 31.8 Å². The summed E-state index contributed by atoms with van der Waals surface area (Å²) in [6.45, 7) is 1.90. The van der Waals surface area contributed by atoms with Crippen LogP contribution in [0.4, 0.5) is 4.79 Å². The predicted molar refractivity (Wildman–Crippen MR) is 31.8 cm³/mol. The molecule has 56 valence electrons. The Balaban J connectivity index is 0.000000180. The molecule has 0 unspecified atom stereocenters. The number of carbonyl (C=O) groups is 1. The maximum Gasteiger partial charge on any atom is 0.503 e. The second kappa shape index (κ2) is 4.30. The first kappa shape index (κ1) is 8.41. The predicted octanol–water partition coefficient (Wildman–Crippen LogP) is 0.336. The van der Waals surface area contributed by atoms with Crippen molar-refractivity contribution in [3.05, 3.63) is 11.9 Å². The van der Waals surface area contributed by atoms with Crippen LogP contribution in [0.2, 0.25) is 0 Å². The van der Waals surface area contributed by atoms with Gasteiger partial charge in [-0.2, -0.15) is 0 Å². The highest BCUT2D eigenvalue weighted by molar-refractivity contribution is 5.53. The van der Waals surface area contributed by atoms with Crippen molar-refractivity contribution in [3.63, 3.8) is 0 Å². The maximum absolute atomic E-state index is 8.56. The molecule has 0 aliphatic carbocycles. The minimum Gasteiger partial charge on any atom is -0.450 e. The van der Waals surface area contributed by atoms with Crippen molar-refractivity contribution in [1.82, 2.24) is 15.4 Å². The van der Waals surface area contributed by atoms with Crippen molar-refractivity contribution in [2.24, 2.45) is 0 Å². The Bertz CT molecular complexity index is 180. The largest absolute Gasteiger partial charge is 0.503 e. The molecule has 1 rings (SSSR count). The Kier molecular flexibility index (Phi) is 3.62. The third-order valence-corrected chi connectivity index (χ3v) is 0.535. The summed E-state index contributed by atoms with van der Waals surface area (Å²) in [5.41, 5.74) is 0.995. The van der Waals surface area contributed by atoms with Crippen molar-refractivity contribution in [2.75, 3.05) is 0 Å². The van der Waals surface area contributed by atoms with Crippen molar-refractivity contribution in [1.29, 1.82) is 0 Å². The molecular weight excluding hydrogens is 138 g/mol. The zero-order valence-corrected chi connectivity index (χ0v) is 5.27.